The summed E-state index contributed by atoms with van der Waals surface area (Å²) < 4.78 is 36.6. The summed E-state index contributed by atoms with van der Waals surface area (Å²) in [7, 11) is 0. The molecule has 0 unspecified atom stereocenters. The molecule has 11 heterocycles. The molecule has 832 valence electrons. The van der Waals surface area contributed by atoms with E-state index in [0.29, 0.717) is 5.69 Å². The number of H-pyrrole nitrogens is 1. The second-order valence-electron chi connectivity index (χ2n) is 61.5. The zero-order valence-electron chi connectivity index (χ0n) is 105. The third-order valence-corrected chi connectivity index (χ3v) is 30.0. The molecule has 0 aliphatic heterocycles. The Morgan fingerprint density at radius 1 is 0.315 bits per heavy atom. The van der Waals surface area contributed by atoms with Crippen molar-refractivity contribution in [1.29, 1.82) is 0 Å². The van der Waals surface area contributed by atoms with Gasteiger partial charge in [-0.25, -0.2) is 39.9 Å². The molecule has 11 aromatic heterocycles. The largest absolute Gasteiger partial charge is 0.465 e. The van der Waals surface area contributed by atoms with E-state index >= 15 is 0 Å². The summed E-state index contributed by atoms with van der Waals surface area (Å²) in [6.45, 7) is 142. The molecule has 1 N–H and O–H groups in total. The molecule has 0 bridgehead atoms. The molecule has 0 saturated carbocycles. The van der Waals surface area contributed by atoms with Crippen molar-refractivity contribution in [1.82, 2.24) is 64.4 Å². The number of nitrogens with one attached hydrogen (secondary N) is 1. The van der Waals surface area contributed by atoms with Crippen LogP contribution in [0.2, 0.25) is 4.34 Å². The van der Waals surface area contributed by atoms with E-state index in [1.54, 1.807) is 40.3 Å². The Bertz CT molecular complexity index is 4580. The zero-order valence-corrected chi connectivity index (χ0v) is 112. The summed E-state index contributed by atoms with van der Waals surface area (Å²) in [4.78, 5) is 40.8. The molecule has 0 fully saturated rings. The van der Waals surface area contributed by atoms with E-state index in [1.807, 2.05) is 66.3 Å². The maximum Gasteiger partial charge on any atom is 0.200 e. The first-order valence-corrected chi connectivity index (χ1v) is 57.5. The van der Waals surface area contributed by atoms with Gasteiger partial charge in [0.15, 0.2) is 16.9 Å². The molecular formula is C122H210BrClFN13O3S5. The summed E-state index contributed by atoms with van der Waals surface area (Å²) in [5.41, 5.74) is 10.8. The Hall–Kier alpha value is -5.82. The number of rotatable bonds is 0. The lowest BCUT2D eigenvalue weighted by atomic mass is 9.90. The lowest BCUT2D eigenvalue weighted by Gasteiger charge is -2.20. The minimum Gasteiger partial charge on any atom is -0.465 e. The lowest BCUT2D eigenvalue weighted by Crippen LogP contribution is -2.23. The molecule has 0 aromatic carbocycles. The van der Waals surface area contributed by atoms with Crippen molar-refractivity contribution in [3.8, 4) is 0 Å². The first kappa shape index (κ1) is 138. The van der Waals surface area contributed by atoms with E-state index in [4.69, 9.17) is 29.8 Å². The SMILES string of the molecule is CC(C)(C)c1ccc(C(C)(C)C)o1.CC(C)(C)c1ccn(C(C)(C)C)n1.CC(C)(C)c1cnc(C(C)(C)C)[nH]1.CC(C)(C)c1cnc(C(C)(C)C)o1.CC(C)(C)c1cnc(C(C)(C)C)s1.CC(C)(C)c1cnn(C(C)(C)C)c1.CC(C)(C)c1coc(C(C)(C)C)n1.CC(C)(C)c1csc(C(C)(C)C)n1.CC(C)(C)c1nc(C(C)(C)C)c(Br)s1.CC(C)(C)c1nc(C(C)(C)C)c(Cl)s1.CC(C)(C)c1nc(C(C)(C)C)c(F)s1. The van der Waals surface area contributed by atoms with Gasteiger partial charge in [-0.05, 0) is 92.1 Å². The van der Waals surface area contributed by atoms with Crippen LogP contribution < -0.4 is 0 Å². The van der Waals surface area contributed by atoms with Crippen LogP contribution in [0.4, 0.5) is 4.39 Å². The number of hydrogen-bond donors (Lipinski definition) is 1. The van der Waals surface area contributed by atoms with Crippen molar-refractivity contribution in [2.75, 3.05) is 0 Å². The van der Waals surface area contributed by atoms with E-state index in [9.17, 15) is 4.39 Å². The summed E-state index contributed by atoms with van der Waals surface area (Å²) in [5, 5.41) is 16.6. The Balaban J connectivity index is 0.000000803. The molecule has 0 atom stereocenters. The smallest absolute Gasteiger partial charge is 0.200 e. The number of thiazole rings is 5. The molecule has 11 rings (SSSR count). The van der Waals surface area contributed by atoms with Crippen LogP contribution in [0.25, 0.3) is 0 Å². The zero-order chi connectivity index (χ0) is 116. The van der Waals surface area contributed by atoms with Gasteiger partial charge in [-0.1, -0.05) is 438 Å². The summed E-state index contributed by atoms with van der Waals surface area (Å²) in [6.07, 6.45) is 13.7. The fourth-order valence-corrected chi connectivity index (χ4v) is 18.6. The van der Waals surface area contributed by atoms with E-state index in [0.717, 1.165) is 66.3 Å². The maximum absolute atomic E-state index is 13.6. The molecule has 0 aliphatic carbocycles. The molecule has 0 spiro atoms. The fraction of sp³-hybridized carbons (Fsp3) is 0.721. The third-order valence-electron chi connectivity index (χ3n) is 21.8. The molecular weight excluding hydrogens is 1990 g/mol. The van der Waals surface area contributed by atoms with Crippen LogP contribution in [0.3, 0.4) is 0 Å². The molecule has 0 aliphatic rings. The number of nitrogens with zero attached hydrogens (tertiary/aromatic N) is 12. The van der Waals surface area contributed by atoms with Gasteiger partial charge in [0.1, 0.15) is 38.7 Å². The Labute approximate surface area is 925 Å². The summed E-state index contributed by atoms with van der Waals surface area (Å²) in [5.74, 6) is 5.79. The van der Waals surface area contributed by atoms with Gasteiger partial charge in [0, 0.05) is 138 Å². The third kappa shape index (κ3) is 47.4. The van der Waals surface area contributed by atoms with Crippen molar-refractivity contribution in [2.24, 2.45) is 0 Å². The number of aromatic amines is 1. The second kappa shape index (κ2) is 49.7. The predicted octanol–water partition coefficient (Wildman–Crippen LogP) is 39.5. The molecule has 0 radical (unpaired) electrons. The highest BCUT2D eigenvalue weighted by molar-refractivity contribution is 9.11. The molecule has 24 heteroatoms. The van der Waals surface area contributed by atoms with Gasteiger partial charge in [0.2, 0.25) is 0 Å². The van der Waals surface area contributed by atoms with E-state index in [1.165, 1.54) is 57.7 Å². The maximum atomic E-state index is 13.6. The van der Waals surface area contributed by atoms with Gasteiger partial charge in [-0.2, -0.15) is 14.6 Å². The van der Waals surface area contributed by atoms with Crippen LogP contribution in [0.5, 0.6) is 0 Å². The first-order valence-electron chi connectivity index (χ1n) is 52.2. The van der Waals surface area contributed by atoms with Gasteiger partial charge in [-0.15, -0.1) is 45.3 Å². The normalized spacial score (nSPS) is 13.4. The number of hydrogen-bond acceptors (Lipinski definition) is 18. The number of aromatic nitrogens is 13. The van der Waals surface area contributed by atoms with E-state index in [-0.39, 0.29) is 125 Å². The highest BCUT2D eigenvalue weighted by Gasteiger charge is 2.35. The number of imidazole rings is 1. The highest BCUT2D eigenvalue weighted by Crippen LogP contribution is 2.43. The highest BCUT2D eigenvalue weighted by atomic mass is 79.9. The first-order chi connectivity index (χ1) is 64.0. The number of halogens is 3. The van der Waals surface area contributed by atoms with E-state index < -0.39 is 0 Å². The van der Waals surface area contributed by atoms with Crippen LogP contribution in [0, 0.1) is 5.13 Å². The molecule has 16 nitrogen and oxygen atoms in total. The van der Waals surface area contributed by atoms with Crippen LogP contribution in [-0.2, 0) is 119 Å². The second-order valence-corrected chi connectivity index (χ2v) is 68.3. The average molecular weight is 2200 g/mol. The van der Waals surface area contributed by atoms with Crippen molar-refractivity contribution in [3.05, 3.63) is 190 Å². The number of oxazole rings is 2. The monoisotopic (exact) mass is 2200 g/mol. The van der Waals surface area contributed by atoms with Crippen molar-refractivity contribution >= 4 is 84.2 Å². The fourth-order valence-electron chi connectivity index (χ4n) is 11.5. The minimum absolute atomic E-state index is 0.00347. The van der Waals surface area contributed by atoms with Gasteiger partial charge < -0.3 is 18.2 Å². The summed E-state index contributed by atoms with van der Waals surface area (Å²) >= 11 is 17.9. The van der Waals surface area contributed by atoms with Crippen LogP contribution in [-0.4, -0.2) is 64.4 Å². The minimum atomic E-state index is -0.204. The quantitative estimate of drug-likeness (QED) is 0.151. The Kier molecular flexibility index (Phi) is 47.1. The Morgan fingerprint density at radius 2 is 0.719 bits per heavy atom. The standard InChI is InChI=1S/C12H20O.C11H18BrNS.C11H18ClNS.C11H18FNS.3C11H20N2.2C11H19NO.2C11H19NS/c1-11(2,3)9-7-8-10(13-9)12(4,5)6;3*1-10(2,3)7-8(12)14-9(13-7)11(4,5)6;1-10(2,3)9-7-12-13(8-9)11(4,5)6;1-10(2,3)8-7-12-9(13-8)11(4,5)6;1-10(2,3)9-7-8-13(12-9)11(4,5)6;1-10(2,3)8-7-13-9(12-8)11(4,5)6;1-10(2,3)8-7-12-9(13-8)11(4,5)6;1-10(2,3)8-7-13-9(12-8)11(4,5)6;1-10(2,3)8-7-12-9(13-8)11(4,5)6/h7-8H,1-6H3;3*1-6H3;7-8H,1-6H3;7H,1-6H3,(H,12,13);7-8H,1-6H3;4*7H,1-6H3. The topological polar surface area (TPSA) is 194 Å². The van der Waals surface area contributed by atoms with Crippen molar-refractivity contribution in [3.63, 3.8) is 0 Å². The van der Waals surface area contributed by atoms with Crippen LogP contribution in [0.15, 0.2) is 84.1 Å². The van der Waals surface area contributed by atoms with Gasteiger partial charge in [-0.3, -0.25) is 9.36 Å². The van der Waals surface area contributed by atoms with E-state index in [2.05, 4.69) is 538 Å². The van der Waals surface area contributed by atoms with Crippen molar-refractivity contribution < 1.29 is 17.6 Å². The summed E-state index contributed by atoms with van der Waals surface area (Å²) in [6, 6.07) is 6.27. The molecule has 11 aromatic rings. The van der Waals surface area contributed by atoms with Crippen LogP contribution in [0.1, 0.15) is 567 Å². The van der Waals surface area contributed by atoms with Crippen LogP contribution >= 0.6 is 84.2 Å². The molecule has 146 heavy (non-hydrogen) atoms. The number of furan rings is 1. The molecule has 0 amide bonds. The predicted molar refractivity (Wildman–Crippen MR) is 642 cm³/mol. The van der Waals surface area contributed by atoms with Gasteiger partial charge in [0.25, 0.3) is 0 Å². The van der Waals surface area contributed by atoms with Gasteiger partial charge >= 0.3 is 0 Å². The Morgan fingerprint density at radius 3 is 0.938 bits per heavy atom. The average Bonchev–Trinajstić information content (AvgIpc) is 1.65. The molecule has 0 saturated heterocycles. The van der Waals surface area contributed by atoms with Gasteiger partial charge in [0.05, 0.1) is 81.5 Å². The lowest BCUT2D eigenvalue weighted by molar-refractivity contribution is 0.335. The van der Waals surface area contributed by atoms with Crippen molar-refractivity contribution in [2.45, 2.75) is 576 Å².